The number of benzene rings is 2. The van der Waals surface area contributed by atoms with Gasteiger partial charge in [-0.1, -0.05) is 30.3 Å². The zero-order valence-corrected chi connectivity index (χ0v) is 9.89. The highest BCUT2D eigenvalue weighted by Gasteiger charge is 2.13. The minimum atomic E-state index is -0.480. The zero-order chi connectivity index (χ0) is 13.2. The lowest BCUT2D eigenvalue weighted by Crippen LogP contribution is -2.11. The monoisotopic (exact) mass is 255 g/mol. The predicted octanol–water partition coefficient (Wildman–Crippen LogP) is 3.82. The van der Waals surface area contributed by atoms with E-state index in [-0.39, 0.29) is 11.4 Å². The summed E-state index contributed by atoms with van der Waals surface area (Å²) < 4.78 is 18.8. The first-order valence-electron chi connectivity index (χ1n) is 5.78. The maximum atomic E-state index is 13.4. The fourth-order valence-corrected chi connectivity index (χ4v) is 1.84. The van der Waals surface area contributed by atoms with Gasteiger partial charge in [-0.2, -0.15) is 0 Å². The molecule has 1 amide bonds. The smallest absolute Gasteiger partial charge is 0.291 e. The molecule has 0 unspecified atom stereocenters. The van der Waals surface area contributed by atoms with Gasteiger partial charge in [0.15, 0.2) is 5.76 Å². The Morgan fingerprint density at radius 2 is 1.79 bits per heavy atom. The number of rotatable bonds is 2. The maximum Gasteiger partial charge on any atom is 0.291 e. The summed E-state index contributed by atoms with van der Waals surface area (Å²) in [6.45, 7) is 0. The molecule has 0 radical (unpaired) electrons. The van der Waals surface area contributed by atoms with E-state index < -0.39 is 11.7 Å². The Balaban J connectivity index is 1.90. The molecular weight excluding hydrogens is 245 g/mol. The van der Waals surface area contributed by atoms with Crippen molar-refractivity contribution in [2.45, 2.75) is 0 Å². The van der Waals surface area contributed by atoms with Gasteiger partial charge in [0.2, 0.25) is 0 Å². The average Bonchev–Trinajstić information content (AvgIpc) is 2.85. The molecular formula is C15H10FNO2. The van der Waals surface area contributed by atoms with E-state index in [1.54, 1.807) is 24.3 Å². The Bertz CT molecular complexity index is 715. The van der Waals surface area contributed by atoms with E-state index in [2.05, 4.69) is 5.32 Å². The van der Waals surface area contributed by atoms with Crippen LogP contribution >= 0.6 is 0 Å². The third-order valence-corrected chi connectivity index (χ3v) is 2.77. The third-order valence-electron chi connectivity index (χ3n) is 2.77. The number of nitrogens with one attached hydrogen (secondary N) is 1. The summed E-state index contributed by atoms with van der Waals surface area (Å²) in [4.78, 5) is 12.0. The van der Waals surface area contributed by atoms with Crippen LogP contribution in [0.15, 0.2) is 59.0 Å². The molecule has 0 saturated heterocycles. The van der Waals surface area contributed by atoms with Gasteiger partial charge in [-0.25, -0.2) is 4.39 Å². The van der Waals surface area contributed by atoms with Gasteiger partial charge < -0.3 is 9.73 Å². The van der Waals surface area contributed by atoms with Crippen molar-refractivity contribution in [3.8, 4) is 0 Å². The molecule has 3 nitrogen and oxygen atoms in total. The SMILES string of the molecule is O=C(Nc1ccccc1F)c1cc2ccccc2o1. The van der Waals surface area contributed by atoms with Crippen molar-refractivity contribution in [1.29, 1.82) is 0 Å². The lowest BCUT2D eigenvalue weighted by atomic mass is 10.2. The summed E-state index contributed by atoms with van der Waals surface area (Å²) in [6.07, 6.45) is 0. The van der Waals surface area contributed by atoms with E-state index in [1.807, 2.05) is 18.2 Å². The summed E-state index contributed by atoms with van der Waals surface area (Å²) in [7, 11) is 0. The molecule has 1 heterocycles. The van der Waals surface area contributed by atoms with Crippen molar-refractivity contribution in [3.05, 3.63) is 66.2 Å². The number of fused-ring (bicyclic) bond motifs is 1. The van der Waals surface area contributed by atoms with Crippen LogP contribution in [-0.4, -0.2) is 5.91 Å². The van der Waals surface area contributed by atoms with Gasteiger partial charge in [0.1, 0.15) is 11.4 Å². The highest BCUT2D eigenvalue weighted by Crippen LogP contribution is 2.20. The minimum absolute atomic E-state index is 0.132. The number of hydrogen-bond donors (Lipinski definition) is 1. The van der Waals surface area contributed by atoms with Crippen molar-refractivity contribution in [3.63, 3.8) is 0 Å². The Hall–Kier alpha value is -2.62. The molecule has 4 heteroatoms. The molecule has 0 fully saturated rings. The second-order valence-corrected chi connectivity index (χ2v) is 4.08. The highest BCUT2D eigenvalue weighted by molar-refractivity contribution is 6.04. The summed E-state index contributed by atoms with van der Waals surface area (Å²) in [6, 6.07) is 14.9. The molecule has 0 spiro atoms. The van der Waals surface area contributed by atoms with Crippen LogP contribution in [0.4, 0.5) is 10.1 Å². The van der Waals surface area contributed by atoms with Crippen LogP contribution in [0.1, 0.15) is 10.6 Å². The van der Waals surface area contributed by atoms with Crippen molar-refractivity contribution in [1.82, 2.24) is 0 Å². The molecule has 0 atom stereocenters. The first kappa shape index (κ1) is 11.5. The molecule has 0 saturated carbocycles. The van der Waals surface area contributed by atoms with Gasteiger partial charge >= 0.3 is 0 Å². The van der Waals surface area contributed by atoms with Crippen molar-refractivity contribution < 1.29 is 13.6 Å². The van der Waals surface area contributed by atoms with E-state index in [4.69, 9.17) is 4.42 Å². The van der Waals surface area contributed by atoms with E-state index in [0.29, 0.717) is 5.58 Å². The van der Waals surface area contributed by atoms with Crippen LogP contribution in [0.25, 0.3) is 11.0 Å². The molecule has 1 N–H and O–H groups in total. The lowest BCUT2D eigenvalue weighted by molar-refractivity contribution is 0.0998. The van der Waals surface area contributed by atoms with Crippen LogP contribution in [0, 0.1) is 5.82 Å². The number of furan rings is 1. The predicted molar refractivity (Wildman–Crippen MR) is 70.6 cm³/mol. The summed E-state index contributed by atoms with van der Waals surface area (Å²) >= 11 is 0. The van der Waals surface area contributed by atoms with Gasteiger partial charge in [0, 0.05) is 5.39 Å². The fraction of sp³-hybridized carbons (Fsp3) is 0. The molecule has 0 aliphatic carbocycles. The molecule has 19 heavy (non-hydrogen) atoms. The Labute approximate surface area is 108 Å². The van der Waals surface area contributed by atoms with Gasteiger partial charge in [-0.3, -0.25) is 4.79 Å². The van der Waals surface area contributed by atoms with Gasteiger partial charge in [-0.05, 0) is 24.3 Å². The number of para-hydroxylation sites is 2. The summed E-state index contributed by atoms with van der Waals surface area (Å²) in [5.74, 6) is -0.794. The summed E-state index contributed by atoms with van der Waals surface area (Å²) in [5.41, 5.74) is 0.758. The molecule has 94 valence electrons. The second-order valence-electron chi connectivity index (χ2n) is 4.08. The first-order chi connectivity index (χ1) is 9.24. The number of carbonyl (C=O) groups excluding carboxylic acids is 1. The van der Waals surface area contributed by atoms with Crippen LogP contribution in [0.5, 0.6) is 0 Å². The van der Waals surface area contributed by atoms with E-state index >= 15 is 0 Å². The molecule has 0 bridgehead atoms. The number of hydrogen-bond acceptors (Lipinski definition) is 2. The van der Waals surface area contributed by atoms with Gasteiger partial charge in [0.25, 0.3) is 5.91 Å². The normalized spacial score (nSPS) is 10.6. The number of halogens is 1. The molecule has 0 aliphatic rings. The first-order valence-corrected chi connectivity index (χ1v) is 5.78. The number of anilines is 1. The molecule has 3 aromatic rings. The van der Waals surface area contributed by atoms with Gasteiger partial charge in [0.05, 0.1) is 5.69 Å². The second kappa shape index (κ2) is 4.57. The maximum absolute atomic E-state index is 13.4. The lowest BCUT2D eigenvalue weighted by Gasteiger charge is -2.03. The topological polar surface area (TPSA) is 42.2 Å². The van der Waals surface area contributed by atoms with Crippen LogP contribution < -0.4 is 5.32 Å². The molecule has 3 rings (SSSR count). The zero-order valence-electron chi connectivity index (χ0n) is 9.89. The highest BCUT2D eigenvalue weighted by atomic mass is 19.1. The van der Waals surface area contributed by atoms with Crippen LogP contribution in [0.3, 0.4) is 0 Å². The van der Waals surface area contributed by atoms with Crippen molar-refractivity contribution >= 4 is 22.6 Å². The number of carbonyl (C=O) groups is 1. The third kappa shape index (κ3) is 2.20. The minimum Gasteiger partial charge on any atom is -0.451 e. The van der Waals surface area contributed by atoms with E-state index in [0.717, 1.165) is 5.39 Å². The van der Waals surface area contributed by atoms with Crippen LogP contribution in [0.2, 0.25) is 0 Å². The average molecular weight is 255 g/mol. The quantitative estimate of drug-likeness (QED) is 0.756. The molecule has 2 aromatic carbocycles. The fourth-order valence-electron chi connectivity index (χ4n) is 1.84. The Kier molecular flexibility index (Phi) is 2.76. The van der Waals surface area contributed by atoms with Crippen LogP contribution in [-0.2, 0) is 0 Å². The summed E-state index contributed by atoms with van der Waals surface area (Å²) in [5, 5.41) is 3.31. The molecule has 1 aromatic heterocycles. The number of amides is 1. The van der Waals surface area contributed by atoms with E-state index in [9.17, 15) is 9.18 Å². The Morgan fingerprint density at radius 3 is 2.58 bits per heavy atom. The van der Waals surface area contributed by atoms with Crippen molar-refractivity contribution in [2.75, 3.05) is 5.32 Å². The standard InChI is InChI=1S/C15H10FNO2/c16-11-6-2-3-7-12(11)17-15(18)14-9-10-5-1-4-8-13(10)19-14/h1-9H,(H,17,18). The molecule has 0 aliphatic heterocycles. The van der Waals surface area contributed by atoms with Gasteiger partial charge in [-0.15, -0.1) is 0 Å². The Morgan fingerprint density at radius 1 is 1.05 bits per heavy atom. The largest absolute Gasteiger partial charge is 0.451 e. The van der Waals surface area contributed by atoms with E-state index in [1.165, 1.54) is 12.1 Å². The van der Waals surface area contributed by atoms with Crippen molar-refractivity contribution in [2.24, 2.45) is 0 Å².